The number of benzene rings is 3. The number of hydrogen-bond donors (Lipinski definition) is 1. The predicted molar refractivity (Wildman–Crippen MR) is 144 cm³/mol. The molecule has 182 valence electrons. The van der Waals surface area contributed by atoms with Gasteiger partial charge in [-0.05, 0) is 55.9 Å². The van der Waals surface area contributed by atoms with Gasteiger partial charge in [-0.2, -0.15) is 4.98 Å². The van der Waals surface area contributed by atoms with E-state index in [-0.39, 0.29) is 6.04 Å². The zero-order chi connectivity index (χ0) is 25.2. The minimum absolute atomic E-state index is 0.265. The average Bonchev–Trinajstić information content (AvgIpc) is 3.39. The van der Waals surface area contributed by atoms with Crippen molar-refractivity contribution >= 4 is 28.6 Å². The van der Waals surface area contributed by atoms with Crippen LogP contribution in [0, 0.1) is 6.92 Å². The summed E-state index contributed by atoms with van der Waals surface area (Å²) in [7, 11) is 3.27. The molecule has 7 nitrogen and oxygen atoms in total. The maximum absolute atomic E-state index is 5.85. The van der Waals surface area contributed by atoms with E-state index in [2.05, 4.69) is 41.7 Å². The van der Waals surface area contributed by atoms with Gasteiger partial charge in [0.2, 0.25) is 5.82 Å². The van der Waals surface area contributed by atoms with Gasteiger partial charge in [0.25, 0.3) is 5.89 Å². The molecule has 0 bridgehead atoms. The summed E-state index contributed by atoms with van der Waals surface area (Å²) in [6.07, 6.45) is 0. The molecule has 1 aliphatic rings. The fraction of sp³-hybridized carbons (Fsp3) is 0.179. The van der Waals surface area contributed by atoms with Crippen LogP contribution in [-0.2, 0) is 0 Å². The first-order valence-corrected chi connectivity index (χ1v) is 11.9. The third-order valence-electron chi connectivity index (χ3n) is 6.19. The monoisotopic (exact) mass is 498 g/mol. The quantitative estimate of drug-likeness (QED) is 0.328. The summed E-state index contributed by atoms with van der Waals surface area (Å²) in [5.74, 6) is 2.36. The largest absolute Gasteiger partial charge is 0.497 e. The topological polar surface area (TPSA) is 72.7 Å². The Hall–Kier alpha value is -4.17. The van der Waals surface area contributed by atoms with Crippen molar-refractivity contribution in [3.05, 3.63) is 95.5 Å². The highest BCUT2D eigenvalue weighted by atomic mass is 32.1. The molecule has 4 aromatic rings. The van der Waals surface area contributed by atoms with E-state index in [1.807, 2.05) is 60.4 Å². The highest BCUT2D eigenvalue weighted by molar-refractivity contribution is 7.80. The summed E-state index contributed by atoms with van der Waals surface area (Å²) >= 11 is 5.84. The van der Waals surface area contributed by atoms with Crippen molar-refractivity contribution in [3.8, 4) is 22.9 Å². The van der Waals surface area contributed by atoms with Gasteiger partial charge < -0.3 is 19.3 Å². The molecule has 0 radical (unpaired) electrons. The highest BCUT2D eigenvalue weighted by Crippen LogP contribution is 2.40. The van der Waals surface area contributed by atoms with Gasteiger partial charge >= 0.3 is 0 Å². The van der Waals surface area contributed by atoms with E-state index in [0.29, 0.717) is 16.8 Å². The molecule has 1 aliphatic heterocycles. The number of nitrogens with zero attached hydrogens (tertiary/aromatic N) is 3. The van der Waals surface area contributed by atoms with Crippen LogP contribution in [0.15, 0.2) is 83.0 Å². The van der Waals surface area contributed by atoms with Crippen molar-refractivity contribution in [3.63, 3.8) is 0 Å². The van der Waals surface area contributed by atoms with Crippen molar-refractivity contribution < 1.29 is 14.0 Å². The predicted octanol–water partition coefficient (Wildman–Crippen LogP) is 5.93. The zero-order valence-corrected chi connectivity index (χ0v) is 21.3. The molecule has 36 heavy (non-hydrogen) atoms. The van der Waals surface area contributed by atoms with Crippen molar-refractivity contribution in [1.29, 1.82) is 0 Å². The first-order valence-electron chi connectivity index (χ1n) is 11.5. The van der Waals surface area contributed by atoms with Crippen LogP contribution in [0.5, 0.6) is 11.5 Å². The maximum Gasteiger partial charge on any atom is 0.258 e. The lowest BCUT2D eigenvalue weighted by atomic mass is 9.94. The van der Waals surface area contributed by atoms with E-state index in [4.69, 9.17) is 31.2 Å². The summed E-state index contributed by atoms with van der Waals surface area (Å²) in [5, 5.41) is 8.35. The van der Waals surface area contributed by atoms with Gasteiger partial charge in [-0.3, -0.25) is 4.90 Å². The van der Waals surface area contributed by atoms with Gasteiger partial charge in [0.15, 0.2) is 5.11 Å². The molecular weight excluding hydrogens is 472 g/mol. The van der Waals surface area contributed by atoms with Crippen LogP contribution in [0.4, 0.5) is 5.69 Å². The van der Waals surface area contributed by atoms with Gasteiger partial charge in [-0.1, -0.05) is 53.2 Å². The van der Waals surface area contributed by atoms with Gasteiger partial charge in [0.1, 0.15) is 11.5 Å². The molecule has 1 N–H and O–H groups in total. The first kappa shape index (κ1) is 23.6. The Labute approximate surface area is 215 Å². The fourth-order valence-electron chi connectivity index (χ4n) is 4.30. The summed E-state index contributed by atoms with van der Waals surface area (Å²) in [5.41, 5.74) is 5.63. The van der Waals surface area contributed by atoms with Crippen LogP contribution in [0.2, 0.25) is 0 Å². The van der Waals surface area contributed by atoms with Crippen molar-refractivity contribution in [2.24, 2.45) is 0 Å². The Morgan fingerprint density at radius 2 is 1.61 bits per heavy atom. The van der Waals surface area contributed by atoms with Crippen molar-refractivity contribution in [2.45, 2.75) is 19.9 Å². The lowest BCUT2D eigenvalue weighted by Crippen LogP contribution is -2.46. The standard InChI is InChI=1S/C28H26N4O3S/c1-17-11-13-19(14-12-17)25-24(27-30-26(31-35-27)20-7-5-9-22(15-20)33-3)18(2)32(28(36)29-25)21-8-6-10-23(16-21)34-4/h5-16,25H,1-4H3,(H,29,36). The smallest absolute Gasteiger partial charge is 0.258 e. The SMILES string of the molecule is COc1cccc(-c2noc(C3=C(C)N(c4cccc(OC)c4)C(=S)NC3c3ccc(C)cc3)n2)c1. The molecule has 3 aromatic carbocycles. The minimum Gasteiger partial charge on any atom is -0.497 e. The van der Waals surface area contributed by atoms with Gasteiger partial charge in [0.05, 0.1) is 31.5 Å². The van der Waals surface area contributed by atoms with Crippen LogP contribution < -0.4 is 19.7 Å². The van der Waals surface area contributed by atoms with Gasteiger partial charge in [-0.25, -0.2) is 0 Å². The van der Waals surface area contributed by atoms with Crippen LogP contribution in [0.25, 0.3) is 17.0 Å². The van der Waals surface area contributed by atoms with Crippen molar-refractivity contribution in [1.82, 2.24) is 15.5 Å². The van der Waals surface area contributed by atoms with E-state index in [1.54, 1.807) is 14.2 Å². The molecule has 2 heterocycles. The second kappa shape index (κ2) is 9.83. The molecule has 8 heteroatoms. The maximum atomic E-state index is 5.85. The summed E-state index contributed by atoms with van der Waals surface area (Å²) in [6.45, 7) is 4.08. The molecule has 0 saturated heterocycles. The molecule has 0 saturated carbocycles. The Kier molecular flexibility index (Phi) is 6.43. The van der Waals surface area contributed by atoms with Crippen LogP contribution in [0.1, 0.15) is 30.0 Å². The third kappa shape index (κ3) is 4.43. The number of allylic oxidation sites excluding steroid dienone is 1. The van der Waals surface area contributed by atoms with E-state index >= 15 is 0 Å². The summed E-state index contributed by atoms with van der Waals surface area (Å²) in [4.78, 5) is 6.75. The second-order valence-electron chi connectivity index (χ2n) is 8.48. The Morgan fingerprint density at radius 3 is 2.33 bits per heavy atom. The number of hydrogen-bond acceptors (Lipinski definition) is 6. The molecule has 0 amide bonds. The number of methoxy groups -OCH3 is 2. The van der Waals surface area contributed by atoms with Gasteiger partial charge in [-0.15, -0.1) is 0 Å². The van der Waals surface area contributed by atoms with Crippen LogP contribution >= 0.6 is 12.2 Å². The molecule has 5 rings (SSSR count). The average molecular weight is 499 g/mol. The minimum atomic E-state index is -0.265. The normalized spacial score (nSPS) is 15.6. The van der Waals surface area contributed by atoms with E-state index in [9.17, 15) is 0 Å². The molecule has 0 spiro atoms. The molecule has 1 unspecified atom stereocenters. The Morgan fingerprint density at radius 1 is 0.917 bits per heavy atom. The lowest BCUT2D eigenvalue weighted by Gasteiger charge is -2.37. The molecule has 0 aliphatic carbocycles. The zero-order valence-electron chi connectivity index (χ0n) is 20.5. The number of aryl methyl sites for hydroxylation is 1. The van der Waals surface area contributed by atoms with E-state index < -0.39 is 0 Å². The second-order valence-corrected chi connectivity index (χ2v) is 8.87. The summed E-state index contributed by atoms with van der Waals surface area (Å²) in [6, 6.07) is 23.4. The van der Waals surface area contributed by atoms with Crippen LogP contribution in [0.3, 0.4) is 0 Å². The van der Waals surface area contributed by atoms with E-state index in [1.165, 1.54) is 5.56 Å². The Bertz CT molecular complexity index is 1450. The van der Waals surface area contributed by atoms with E-state index in [0.717, 1.165) is 39.6 Å². The first-order chi connectivity index (χ1) is 17.5. The number of aromatic nitrogens is 2. The fourth-order valence-corrected chi connectivity index (χ4v) is 4.66. The van der Waals surface area contributed by atoms with Crippen LogP contribution in [-0.4, -0.2) is 29.5 Å². The lowest BCUT2D eigenvalue weighted by molar-refractivity contribution is 0.403. The van der Waals surface area contributed by atoms with Crippen molar-refractivity contribution in [2.75, 3.05) is 19.1 Å². The Balaban J connectivity index is 1.65. The van der Waals surface area contributed by atoms with Gasteiger partial charge in [0, 0.05) is 17.3 Å². The molecule has 1 aromatic heterocycles. The molecular formula is C28H26N4O3S. The molecule has 1 atom stereocenters. The number of rotatable bonds is 6. The summed E-state index contributed by atoms with van der Waals surface area (Å²) < 4.78 is 16.6. The number of thiocarbonyl (C=S) groups is 1. The number of nitrogens with one attached hydrogen (secondary N) is 1. The highest BCUT2D eigenvalue weighted by Gasteiger charge is 2.35. The number of ether oxygens (including phenoxy) is 2. The number of anilines is 1. The molecule has 0 fully saturated rings. The third-order valence-corrected chi connectivity index (χ3v) is 6.49.